The number of aromatic nitrogens is 2. The quantitative estimate of drug-likeness (QED) is 0.165. The fourth-order valence-corrected chi connectivity index (χ4v) is 10.2. The summed E-state index contributed by atoms with van der Waals surface area (Å²) in [5, 5.41) is 5.34. The van der Waals surface area contributed by atoms with Crippen LogP contribution in [-0.4, -0.2) is 15.8 Å². The molecule has 53 heavy (non-hydrogen) atoms. The zero-order valence-electron chi connectivity index (χ0n) is 29.8. The Bertz CT molecular complexity index is 3040. The summed E-state index contributed by atoms with van der Waals surface area (Å²) in [5.74, 6) is 0.506. The van der Waals surface area contributed by atoms with E-state index in [2.05, 4.69) is 181 Å². The van der Waals surface area contributed by atoms with E-state index in [9.17, 15) is 0 Å². The van der Waals surface area contributed by atoms with Crippen LogP contribution < -0.4 is 16.4 Å². The van der Waals surface area contributed by atoms with Crippen LogP contribution >= 0.6 is 0 Å². The molecule has 9 aromatic rings. The molecule has 2 aliphatic heterocycles. The Morgan fingerprint density at radius 3 is 1.98 bits per heavy atom. The summed E-state index contributed by atoms with van der Waals surface area (Å²) in [4.78, 5) is 0. The standard InChI is InChI=1S/C50H35BN2/c1-30-22-23-42-38(24-30)39-25-31(2)26-41-49(39)52(42)43-28-36(32-14-6-3-7-15-32)29-44-47(43)51(41)46-37-21-13-12-20-35(37)27-40-45(33-16-8-4-9-17-33)48(53(44)50(40)46)34-18-10-5-11-19-34/h3-23,25-30H,24H2,1-2H3. The normalized spacial score (nSPS) is 15.0. The van der Waals surface area contributed by atoms with Crippen molar-refractivity contribution in [2.45, 2.75) is 20.3 Å². The van der Waals surface area contributed by atoms with Gasteiger partial charge in [0, 0.05) is 38.9 Å². The third-order valence-electron chi connectivity index (χ3n) is 12.2. The Kier molecular flexibility index (Phi) is 5.87. The largest absolute Gasteiger partial charge is 0.311 e. The Morgan fingerprint density at radius 1 is 0.566 bits per heavy atom. The second-order valence-electron chi connectivity index (χ2n) is 15.4. The maximum absolute atomic E-state index is 2.66. The van der Waals surface area contributed by atoms with Crippen molar-refractivity contribution in [1.29, 1.82) is 0 Å². The predicted molar refractivity (Wildman–Crippen MR) is 225 cm³/mol. The van der Waals surface area contributed by atoms with Crippen molar-refractivity contribution in [3.63, 3.8) is 0 Å². The van der Waals surface area contributed by atoms with Crippen LogP contribution in [0.3, 0.4) is 0 Å². The van der Waals surface area contributed by atoms with Crippen LogP contribution in [-0.2, 0) is 6.42 Å². The van der Waals surface area contributed by atoms with E-state index in [1.165, 1.54) is 111 Å². The molecule has 0 N–H and O–H groups in total. The number of nitrogens with zero attached hydrogens (tertiary/aromatic N) is 2. The second-order valence-corrected chi connectivity index (χ2v) is 15.4. The van der Waals surface area contributed by atoms with Crippen LogP contribution in [0.2, 0.25) is 0 Å². The zero-order valence-corrected chi connectivity index (χ0v) is 29.8. The van der Waals surface area contributed by atoms with Gasteiger partial charge in [-0.05, 0) is 105 Å². The molecule has 248 valence electrons. The van der Waals surface area contributed by atoms with Crippen molar-refractivity contribution < 1.29 is 0 Å². The van der Waals surface area contributed by atoms with Gasteiger partial charge in [-0.15, -0.1) is 0 Å². The molecule has 0 saturated carbocycles. The van der Waals surface area contributed by atoms with Crippen LogP contribution in [0.1, 0.15) is 23.7 Å². The monoisotopic (exact) mass is 674 g/mol. The average molecular weight is 675 g/mol. The molecule has 1 aliphatic carbocycles. The summed E-state index contributed by atoms with van der Waals surface area (Å²) < 4.78 is 5.29. The van der Waals surface area contributed by atoms with Crippen molar-refractivity contribution in [3.8, 4) is 44.9 Å². The van der Waals surface area contributed by atoms with E-state index in [-0.39, 0.29) is 6.71 Å². The van der Waals surface area contributed by atoms with E-state index < -0.39 is 0 Å². The Labute approximate surface area is 309 Å². The van der Waals surface area contributed by atoms with E-state index in [4.69, 9.17) is 0 Å². The van der Waals surface area contributed by atoms with Crippen LogP contribution in [0.5, 0.6) is 0 Å². The highest BCUT2D eigenvalue weighted by molar-refractivity contribution is 7.01. The summed E-state index contributed by atoms with van der Waals surface area (Å²) in [6.45, 7) is 4.72. The maximum Gasteiger partial charge on any atom is 0.253 e. The molecule has 2 aromatic heterocycles. The molecule has 7 aromatic carbocycles. The molecule has 0 bridgehead atoms. The van der Waals surface area contributed by atoms with E-state index >= 15 is 0 Å². The number of hydrogen-bond donors (Lipinski definition) is 0. The highest BCUT2D eigenvalue weighted by atomic mass is 15.0. The zero-order chi connectivity index (χ0) is 34.9. The van der Waals surface area contributed by atoms with Crippen molar-refractivity contribution in [1.82, 2.24) is 9.13 Å². The topological polar surface area (TPSA) is 9.86 Å². The van der Waals surface area contributed by atoms with Crippen LogP contribution in [0.25, 0.3) is 83.5 Å². The number of benzene rings is 7. The predicted octanol–water partition coefficient (Wildman–Crippen LogP) is 10.4. The first-order valence-corrected chi connectivity index (χ1v) is 18.9. The molecule has 0 amide bonds. The number of hydrogen-bond acceptors (Lipinski definition) is 0. The lowest BCUT2D eigenvalue weighted by atomic mass is 9.33. The highest BCUT2D eigenvalue weighted by Crippen LogP contribution is 2.47. The molecule has 0 saturated heterocycles. The lowest BCUT2D eigenvalue weighted by Gasteiger charge is -2.35. The fourth-order valence-electron chi connectivity index (χ4n) is 10.2. The first-order chi connectivity index (χ1) is 26.1. The van der Waals surface area contributed by atoms with E-state index in [0.29, 0.717) is 5.92 Å². The van der Waals surface area contributed by atoms with Crippen molar-refractivity contribution in [2.75, 3.05) is 0 Å². The lowest BCUT2D eigenvalue weighted by Crippen LogP contribution is -2.59. The van der Waals surface area contributed by atoms with E-state index in [1.807, 2.05) is 0 Å². The molecule has 0 spiro atoms. The summed E-state index contributed by atoms with van der Waals surface area (Å²) in [6.07, 6.45) is 5.88. The SMILES string of the molecule is Cc1cc2c3c(c1)c1c(n3-c3cc(-c4ccccc4)cc4c3B2c2c3ccccc3cc3c(-c5ccccc5)c(-c5ccccc5)n-4c23)C=CC(C)C1. The van der Waals surface area contributed by atoms with Crippen molar-refractivity contribution in [3.05, 3.63) is 168 Å². The molecule has 1 atom stereocenters. The van der Waals surface area contributed by atoms with Gasteiger partial charge in [-0.3, -0.25) is 0 Å². The first-order valence-electron chi connectivity index (χ1n) is 18.9. The number of allylic oxidation sites excluding steroid dienone is 1. The minimum Gasteiger partial charge on any atom is -0.311 e. The lowest BCUT2D eigenvalue weighted by molar-refractivity contribution is 0.718. The molecule has 3 aliphatic rings. The first kappa shape index (κ1) is 29.3. The van der Waals surface area contributed by atoms with Gasteiger partial charge in [-0.1, -0.05) is 140 Å². The molecule has 3 heteroatoms. The molecule has 1 unspecified atom stereocenters. The molecule has 0 fully saturated rings. The maximum atomic E-state index is 2.66. The van der Waals surface area contributed by atoms with Gasteiger partial charge in [0.15, 0.2) is 0 Å². The second kappa shape index (κ2) is 10.6. The van der Waals surface area contributed by atoms with E-state index in [0.717, 1.165) is 6.42 Å². The van der Waals surface area contributed by atoms with Gasteiger partial charge >= 0.3 is 0 Å². The number of fused-ring (bicyclic) bond motifs is 9. The summed E-state index contributed by atoms with van der Waals surface area (Å²) in [5.41, 5.74) is 21.1. The smallest absolute Gasteiger partial charge is 0.253 e. The molecular formula is C50H35BN2. The Balaban J connectivity index is 1.36. The van der Waals surface area contributed by atoms with Gasteiger partial charge in [0.25, 0.3) is 6.71 Å². The minimum absolute atomic E-state index is 0.0701. The molecular weight excluding hydrogens is 639 g/mol. The Hall–Kier alpha value is -6.32. The third-order valence-corrected chi connectivity index (χ3v) is 12.2. The molecule has 2 nitrogen and oxygen atoms in total. The Morgan fingerprint density at radius 2 is 1.23 bits per heavy atom. The molecule has 0 radical (unpaired) electrons. The average Bonchev–Trinajstić information content (AvgIpc) is 3.71. The minimum atomic E-state index is 0.0701. The van der Waals surface area contributed by atoms with Gasteiger partial charge in [0.2, 0.25) is 0 Å². The highest BCUT2D eigenvalue weighted by Gasteiger charge is 2.43. The van der Waals surface area contributed by atoms with Crippen LogP contribution in [0, 0.1) is 12.8 Å². The van der Waals surface area contributed by atoms with Crippen molar-refractivity contribution >= 4 is 61.8 Å². The summed E-state index contributed by atoms with van der Waals surface area (Å²) in [6, 6.07) is 54.6. The molecule has 12 rings (SSSR count). The number of aryl methyl sites for hydroxylation is 1. The van der Waals surface area contributed by atoms with Gasteiger partial charge in [0.05, 0.1) is 11.2 Å². The van der Waals surface area contributed by atoms with Gasteiger partial charge in [0.1, 0.15) is 0 Å². The number of rotatable bonds is 3. The molecule has 4 heterocycles. The summed E-state index contributed by atoms with van der Waals surface area (Å²) in [7, 11) is 0. The van der Waals surface area contributed by atoms with Crippen molar-refractivity contribution in [2.24, 2.45) is 5.92 Å². The van der Waals surface area contributed by atoms with Crippen LogP contribution in [0.15, 0.2) is 152 Å². The third kappa shape index (κ3) is 3.89. The van der Waals surface area contributed by atoms with Crippen LogP contribution in [0.4, 0.5) is 0 Å². The summed E-state index contributed by atoms with van der Waals surface area (Å²) >= 11 is 0. The fraction of sp³-hybridized carbons (Fsp3) is 0.0800. The van der Waals surface area contributed by atoms with Gasteiger partial charge in [-0.25, -0.2) is 0 Å². The van der Waals surface area contributed by atoms with E-state index in [1.54, 1.807) is 0 Å². The van der Waals surface area contributed by atoms with Gasteiger partial charge < -0.3 is 9.13 Å². The van der Waals surface area contributed by atoms with Gasteiger partial charge in [-0.2, -0.15) is 0 Å².